The van der Waals surface area contributed by atoms with Crippen LogP contribution >= 0.6 is 11.3 Å². The maximum atomic E-state index is 13.3. The largest absolute Gasteiger partial charge is 0.464 e. The van der Waals surface area contributed by atoms with Crippen molar-refractivity contribution in [2.45, 2.75) is 26.2 Å². The Bertz CT molecular complexity index is 812. The molecule has 114 valence electrons. The first-order chi connectivity index (χ1) is 10.7. The summed E-state index contributed by atoms with van der Waals surface area (Å²) in [4.78, 5) is 12.1. The summed E-state index contributed by atoms with van der Waals surface area (Å²) in [5, 5.41) is 12.6. The van der Waals surface area contributed by atoms with Crippen LogP contribution in [0.4, 0.5) is 9.52 Å². The van der Waals surface area contributed by atoms with Crippen LogP contribution in [-0.2, 0) is 17.6 Å². The van der Waals surface area contributed by atoms with Crippen molar-refractivity contribution < 1.29 is 13.6 Å². The Hall–Kier alpha value is -2.28. The van der Waals surface area contributed by atoms with Crippen LogP contribution in [0.2, 0.25) is 0 Å². The topological polar surface area (TPSA) is 68.0 Å². The Balaban J connectivity index is 1.71. The zero-order valence-corrected chi connectivity index (χ0v) is 12.7. The van der Waals surface area contributed by atoms with Gasteiger partial charge in [0.15, 0.2) is 0 Å². The van der Waals surface area contributed by atoms with Crippen molar-refractivity contribution in [1.29, 1.82) is 0 Å². The van der Waals surface area contributed by atoms with E-state index in [-0.39, 0.29) is 18.1 Å². The van der Waals surface area contributed by atoms with Crippen LogP contribution in [0, 0.1) is 5.82 Å². The van der Waals surface area contributed by atoms with Crippen molar-refractivity contribution in [3.63, 3.8) is 0 Å². The fourth-order valence-electron chi connectivity index (χ4n) is 2.15. The van der Waals surface area contributed by atoms with Crippen molar-refractivity contribution >= 4 is 33.3 Å². The highest BCUT2D eigenvalue weighted by molar-refractivity contribution is 7.15. The minimum Gasteiger partial charge on any atom is -0.464 e. The fourth-order valence-corrected chi connectivity index (χ4v) is 3.00. The molecule has 1 N–H and O–H groups in total. The second kappa shape index (κ2) is 6.23. The molecular weight excluding hydrogens is 305 g/mol. The van der Waals surface area contributed by atoms with E-state index in [0.29, 0.717) is 21.7 Å². The van der Waals surface area contributed by atoms with E-state index in [1.807, 2.05) is 0 Å². The molecular formula is C15H14FN3O2S. The molecule has 3 rings (SSSR count). The molecule has 0 atom stereocenters. The van der Waals surface area contributed by atoms with Gasteiger partial charge in [-0.1, -0.05) is 18.3 Å². The average Bonchev–Trinajstić information content (AvgIpc) is 3.07. The van der Waals surface area contributed by atoms with Gasteiger partial charge in [-0.3, -0.25) is 4.79 Å². The molecule has 0 aliphatic carbocycles. The Labute approximate surface area is 130 Å². The predicted molar refractivity (Wildman–Crippen MR) is 82.4 cm³/mol. The Kier molecular flexibility index (Phi) is 4.15. The van der Waals surface area contributed by atoms with Crippen molar-refractivity contribution in [2.75, 3.05) is 5.32 Å². The minimum absolute atomic E-state index is 0.0964. The average molecular weight is 319 g/mol. The molecule has 3 aromatic rings. The molecule has 0 aliphatic heterocycles. The number of anilines is 1. The number of carbonyl (C=O) groups excluding carboxylic acids is 1. The molecule has 0 radical (unpaired) electrons. The van der Waals surface area contributed by atoms with Gasteiger partial charge in [-0.15, -0.1) is 10.2 Å². The van der Waals surface area contributed by atoms with Crippen molar-refractivity contribution in [3.8, 4) is 0 Å². The van der Waals surface area contributed by atoms with Gasteiger partial charge in [0.2, 0.25) is 11.0 Å². The van der Waals surface area contributed by atoms with Gasteiger partial charge in [-0.2, -0.15) is 0 Å². The summed E-state index contributed by atoms with van der Waals surface area (Å²) in [5.74, 6) is -0.588. The second-order valence-electron chi connectivity index (χ2n) is 4.88. The van der Waals surface area contributed by atoms with E-state index in [4.69, 9.17) is 4.42 Å². The lowest BCUT2D eigenvalue weighted by Gasteiger charge is -1.99. The van der Waals surface area contributed by atoms with Crippen LogP contribution < -0.4 is 5.32 Å². The molecule has 7 heteroatoms. The number of halogens is 1. The summed E-state index contributed by atoms with van der Waals surface area (Å²) in [6, 6.07) is 4.24. The lowest BCUT2D eigenvalue weighted by atomic mass is 10.1. The molecule has 0 saturated heterocycles. The smallest absolute Gasteiger partial charge is 0.230 e. The Morgan fingerprint density at radius 1 is 1.41 bits per heavy atom. The molecule has 1 amide bonds. The van der Waals surface area contributed by atoms with Crippen LogP contribution in [0.15, 0.2) is 28.9 Å². The number of benzene rings is 1. The van der Waals surface area contributed by atoms with E-state index in [1.54, 1.807) is 6.07 Å². The number of furan rings is 1. The lowest BCUT2D eigenvalue weighted by Crippen LogP contribution is -2.14. The number of nitrogens with zero attached hydrogens (tertiary/aromatic N) is 2. The van der Waals surface area contributed by atoms with Crippen molar-refractivity contribution in [3.05, 3.63) is 40.9 Å². The van der Waals surface area contributed by atoms with Gasteiger partial charge in [0.05, 0.1) is 12.7 Å². The molecule has 5 nitrogen and oxygen atoms in total. The molecule has 0 saturated carbocycles. The van der Waals surface area contributed by atoms with E-state index in [2.05, 4.69) is 22.4 Å². The van der Waals surface area contributed by atoms with Gasteiger partial charge < -0.3 is 9.73 Å². The summed E-state index contributed by atoms with van der Waals surface area (Å²) in [5.41, 5.74) is 1.20. The standard InChI is InChI=1S/C15H14FN3O2S/c1-2-3-14-18-19-15(22-14)17-13(20)6-9-8-21-12-5-4-10(16)7-11(9)12/h4-5,7-8H,2-3,6H2,1H3,(H,17,19,20). The normalized spacial score (nSPS) is 11.0. The number of hydrogen-bond donors (Lipinski definition) is 1. The van der Waals surface area contributed by atoms with Crippen LogP contribution in [-0.4, -0.2) is 16.1 Å². The summed E-state index contributed by atoms with van der Waals surface area (Å²) < 4.78 is 18.6. The molecule has 22 heavy (non-hydrogen) atoms. The van der Waals surface area contributed by atoms with Crippen LogP contribution in [0.5, 0.6) is 0 Å². The van der Waals surface area contributed by atoms with Gasteiger partial charge in [-0.05, 0) is 24.6 Å². The number of nitrogens with one attached hydrogen (secondary N) is 1. The third-order valence-electron chi connectivity index (χ3n) is 3.14. The van der Waals surface area contributed by atoms with E-state index < -0.39 is 0 Å². The Morgan fingerprint density at radius 3 is 3.09 bits per heavy atom. The molecule has 0 unspecified atom stereocenters. The third-order valence-corrected chi connectivity index (χ3v) is 4.04. The highest BCUT2D eigenvalue weighted by Crippen LogP contribution is 2.23. The van der Waals surface area contributed by atoms with E-state index >= 15 is 0 Å². The minimum atomic E-state index is -0.358. The van der Waals surface area contributed by atoms with Crippen LogP contribution in [0.1, 0.15) is 23.9 Å². The number of aryl methyl sites for hydroxylation is 1. The first-order valence-electron chi connectivity index (χ1n) is 6.93. The zero-order valence-electron chi connectivity index (χ0n) is 11.9. The molecule has 1 aromatic carbocycles. The summed E-state index contributed by atoms with van der Waals surface area (Å²) in [6.45, 7) is 2.06. The quantitative estimate of drug-likeness (QED) is 0.781. The highest BCUT2D eigenvalue weighted by atomic mass is 32.1. The van der Waals surface area contributed by atoms with Gasteiger partial charge >= 0.3 is 0 Å². The van der Waals surface area contributed by atoms with E-state index in [1.165, 1.54) is 29.7 Å². The highest BCUT2D eigenvalue weighted by Gasteiger charge is 2.13. The van der Waals surface area contributed by atoms with E-state index in [9.17, 15) is 9.18 Å². The summed E-state index contributed by atoms with van der Waals surface area (Å²) in [6.07, 6.45) is 3.40. The maximum Gasteiger partial charge on any atom is 0.230 e. The van der Waals surface area contributed by atoms with Gasteiger partial charge in [0.1, 0.15) is 16.4 Å². The van der Waals surface area contributed by atoms with Crippen LogP contribution in [0.3, 0.4) is 0 Å². The Morgan fingerprint density at radius 2 is 2.27 bits per heavy atom. The van der Waals surface area contributed by atoms with Crippen LogP contribution in [0.25, 0.3) is 11.0 Å². The number of fused-ring (bicyclic) bond motifs is 1. The van der Waals surface area contributed by atoms with Crippen molar-refractivity contribution in [1.82, 2.24) is 10.2 Å². The SMILES string of the molecule is CCCc1nnc(NC(=O)Cc2coc3ccc(F)cc23)s1. The molecule has 0 aliphatic rings. The molecule has 0 spiro atoms. The lowest BCUT2D eigenvalue weighted by molar-refractivity contribution is -0.115. The number of amides is 1. The predicted octanol–water partition coefficient (Wildman–Crippen LogP) is 3.56. The van der Waals surface area contributed by atoms with Gasteiger partial charge in [0.25, 0.3) is 0 Å². The number of aromatic nitrogens is 2. The van der Waals surface area contributed by atoms with Gasteiger partial charge in [0, 0.05) is 17.4 Å². The summed E-state index contributed by atoms with van der Waals surface area (Å²) >= 11 is 1.37. The second-order valence-corrected chi connectivity index (χ2v) is 5.94. The monoisotopic (exact) mass is 319 g/mol. The summed E-state index contributed by atoms with van der Waals surface area (Å²) in [7, 11) is 0. The number of hydrogen-bond acceptors (Lipinski definition) is 5. The van der Waals surface area contributed by atoms with E-state index in [0.717, 1.165) is 17.8 Å². The van der Waals surface area contributed by atoms with Crippen molar-refractivity contribution in [2.24, 2.45) is 0 Å². The molecule has 2 aromatic heterocycles. The third kappa shape index (κ3) is 3.14. The zero-order chi connectivity index (χ0) is 15.5. The number of rotatable bonds is 5. The maximum absolute atomic E-state index is 13.3. The first kappa shape index (κ1) is 14.6. The first-order valence-corrected chi connectivity index (χ1v) is 7.75. The molecule has 0 fully saturated rings. The molecule has 0 bridgehead atoms. The van der Waals surface area contributed by atoms with Gasteiger partial charge in [-0.25, -0.2) is 4.39 Å². The fraction of sp³-hybridized carbons (Fsp3) is 0.267. The number of carbonyl (C=O) groups is 1. The molecule has 2 heterocycles.